The Morgan fingerprint density at radius 2 is 1.87 bits per heavy atom. The van der Waals surface area contributed by atoms with Crippen molar-refractivity contribution in [3.8, 4) is 11.1 Å². The van der Waals surface area contributed by atoms with Gasteiger partial charge in [0.05, 0.1) is 0 Å². The molecule has 2 aromatic carbocycles. The molecule has 118 valence electrons. The van der Waals surface area contributed by atoms with Crippen LogP contribution in [0.2, 0.25) is 0 Å². The van der Waals surface area contributed by atoms with Crippen molar-refractivity contribution in [3.05, 3.63) is 53.6 Å². The van der Waals surface area contributed by atoms with E-state index in [-0.39, 0.29) is 5.78 Å². The van der Waals surface area contributed by atoms with E-state index in [9.17, 15) is 4.79 Å². The number of rotatable bonds is 2. The zero-order valence-electron chi connectivity index (χ0n) is 13.5. The summed E-state index contributed by atoms with van der Waals surface area (Å²) in [6.45, 7) is 4.90. The van der Waals surface area contributed by atoms with E-state index in [2.05, 4.69) is 40.5 Å². The number of benzene rings is 2. The first-order valence-corrected chi connectivity index (χ1v) is 8.44. The molecule has 3 nitrogen and oxygen atoms in total. The summed E-state index contributed by atoms with van der Waals surface area (Å²) in [5, 5.41) is 3.49. The van der Waals surface area contributed by atoms with Gasteiger partial charge in [0.25, 0.3) is 0 Å². The highest BCUT2D eigenvalue weighted by molar-refractivity contribution is 5.94. The molecule has 1 atom stereocenters. The van der Waals surface area contributed by atoms with Crippen molar-refractivity contribution in [2.45, 2.75) is 25.8 Å². The molecule has 0 radical (unpaired) electrons. The lowest BCUT2D eigenvalue weighted by Crippen LogP contribution is -2.32. The van der Waals surface area contributed by atoms with E-state index in [4.69, 9.17) is 0 Å². The van der Waals surface area contributed by atoms with E-state index in [1.54, 1.807) is 6.92 Å². The molecule has 1 N–H and O–H groups in total. The van der Waals surface area contributed by atoms with Crippen LogP contribution < -0.4 is 10.2 Å². The van der Waals surface area contributed by atoms with Crippen molar-refractivity contribution in [2.24, 2.45) is 0 Å². The Kier molecular flexibility index (Phi) is 3.66. The molecule has 0 aromatic heterocycles. The third-order valence-electron chi connectivity index (χ3n) is 5.09. The SMILES string of the molecule is CC(=O)c1ccc(-c2ccc3c(c2)CC2CCNCCN32)cc1. The lowest BCUT2D eigenvalue weighted by molar-refractivity contribution is 0.101. The third-order valence-corrected chi connectivity index (χ3v) is 5.09. The van der Waals surface area contributed by atoms with Crippen molar-refractivity contribution >= 4 is 11.5 Å². The largest absolute Gasteiger partial charge is 0.367 e. The maximum Gasteiger partial charge on any atom is 0.159 e. The van der Waals surface area contributed by atoms with E-state index in [1.807, 2.05) is 12.1 Å². The number of ketones is 1. The number of fused-ring (bicyclic) bond motifs is 3. The summed E-state index contributed by atoms with van der Waals surface area (Å²) in [7, 11) is 0. The molecule has 1 saturated heterocycles. The first-order chi connectivity index (χ1) is 11.2. The number of carbonyl (C=O) groups excluding carboxylic acids is 1. The fourth-order valence-electron chi connectivity index (χ4n) is 3.82. The highest BCUT2D eigenvalue weighted by Gasteiger charge is 2.29. The van der Waals surface area contributed by atoms with E-state index >= 15 is 0 Å². The summed E-state index contributed by atoms with van der Waals surface area (Å²) < 4.78 is 0. The van der Waals surface area contributed by atoms with Crippen LogP contribution in [0.5, 0.6) is 0 Å². The number of carbonyl (C=O) groups is 1. The summed E-state index contributed by atoms with van der Waals surface area (Å²) in [4.78, 5) is 14.0. The van der Waals surface area contributed by atoms with E-state index in [1.165, 1.54) is 28.8 Å². The summed E-state index contributed by atoms with van der Waals surface area (Å²) in [6.07, 6.45) is 2.37. The Morgan fingerprint density at radius 3 is 2.65 bits per heavy atom. The fraction of sp³-hybridized carbons (Fsp3) is 0.350. The summed E-state index contributed by atoms with van der Waals surface area (Å²) in [5.74, 6) is 0.118. The predicted molar refractivity (Wildman–Crippen MR) is 94.2 cm³/mol. The maximum absolute atomic E-state index is 11.4. The Morgan fingerprint density at radius 1 is 1.09 bits per heavy atom. The van der Waals surface area contributed by atoms with Gasteiger partial charge >= 0.3 is 0 Å². The molecular formula is C20H22N2O. The fourth-order valence-corrected chi connectivity index (χ4v) is 3.82. The second kappa shape index (κ2) is 5.82. The van der Waals surface area contributed by atoms with Gasteiger partial charge in [-0.2, -0.15) is 0 Å². The summed E-state index contributed by atoms with van der Waals surface area (Å²) in [6, 6.07) is 15.4. The van der Waals surface area contributed by atoms with Crippen molar-refractivity contribution in [1.82, 2.24) is 5.32 Å². The predicted octanol–water partition coefficient (Wildman–Crippen LogP) is 3.28. The number of Topliss-reactive ketones (excluding diaryl/α,β-unsaturated/α-hetero) is 1. The second-order valence-corrected chi connectivity index (χ2v) is 6.57. The van der Waals surface area contributed by atoms with Crippen molar-refractivity contribution in [3.63, 3.8) is 0 Å². The zero-order chi connectivity index (χ0) is 15.8. The molecule has 1 fully saturated rings. The normalized spacial score (nSPS) is 19.9. The van der Waals surface area contributed by atoms with Gasteiger partial charge in [-0.25, -0.2) is 0 Å². The monoisotopic (exact) mass is 306 g/mol. The molecule has 2 heterocycles. The highest BCUT2D eigenvalue weighted by Crippen LogP contribution is 2.36. The van der Waals surface area contributed by atoms with Crippen LogP contribution in [0.25, 0.3) is 11.1 Å². The van der Waals surface area contributed by atoms with Gasteiger partial charge in [0, 0.05) is 30.4 Å². The van der Waals surface area contributed by atoms with Gasteiger partial charge in [-0.05, 0) is 55.1 Å². The average molecular weight is 306 g/mol. The van der Waals surface area contributed by atoms with Gasteiger partial charge in [-0.1, -0.05) is 30.3 Å². The molecule has 2 aliphatic rings. The van der Waals surface area contributed by atoms with Crippen LogP contribution in [0.1, 0.15) is 29.3 Å². The first kappa shape index (κ1) is 14.5. The minimum absolute atomic E-state index is 0.118. The zero-order valence-corrected chi connectivity index (χ0v) is 13.5. The van der Waals surface area contributed by atoms with Crippen LogP contribution in [0.3, 0.4) is 0 Å². The molecule has 0 aliphatic carbocycles. The van der Waals surface area contributed by atoms with Gasteiger partial charge in [0.2, 0.25) is 0 Å². The minimum Gasteiger partial charge on any atom is -0.367 e. The molecule has 0 saturated carbocycles. The Bertz CT molecular complexity index is 736. The van der Waals surface area contributed by atoms with Crippen LogP contribution in [-0.4, -0.2) is 31.5 Å². The van der Waals surface area contributed by atoms with Crippen molar-refractivity contribution < 1.29 is 4.79 Å². The molecule has 0 spiro atoms. The highest BCUT2D eigenvalue weighted by atomic mass is 16.1. The van der Waals surface area contributed by atoms with E-state index in [0.717, 1.165) is 31.6 Å². The molecule has 0 bridgehead atoms. The van der Waals surface area contributed by atoms with Gasteiger partial charge in [0.15, 0.2) is 5.78 Å². The molecular weight excluding hydrogens is 284 g/mol. The molecule has 0 amide bonds. The van der Waals surface area contributed by atoms with Crippen molar-refractivity contribution in [2.75, 3.05) is 24.5 Å². The standard InChI is InChI=1S/C20H22N2O/c1-14(23)15-2-4-16(5-3-15)17-6-7-20-18(12-17)13-19-8-9-21-10-11-22(19)20/h2-7,12,19,21H,8-11,13H2,1H3. The second-order valence-electron chi connectivity index (χ2n) is 6.57. The minimum atomic E-state index is 0.118. The Balaban J connectivity index is 1.64. The summed E-state index contributed by atoms with van der Waals surface area (Å²) in [5.41, 5.74) is 6.07. The molecule has 23 heavy (non-hydrogen) atoms. The van der Waals surface area contributed by atoms with Crippen molar-refractivity contribution in [1.29, 1.82) is 0 Å². The van der Waals surface area contributed by atoms with E-state index in [0.29, 0.717) is 6.04 Å². The number of nitrogens with one attached hydrogen (secondary N) is 1. The quantitative estimate of drug-likeness (QED) is 0.864. The molecule has 1 unspecified atom stereocenters. The average Bonchev–Trinajstić information content (AvgIpc) is 2.75. The maximum atomic E-state index is 11.4. The van der Waals surface area contributed by atoms with Crippen LogP contribution in [-0.2, 0) is 6.42 Å². The van der Waals surface area contributed by atoms with Gasteiger partial charge in [0.1, 0.15) is 0 Å². The van der Waals surface area contributed by atoms with Crippen LogP contribution in [0, 0.1) is 0 Å². The third kappa shape index (κ3) is 2.66. The lowest BCUT2D eigenvalue weighted by atomic mass is 9.99. The lowest BCUT2D eigenvalue weighted by Gasteiger charge is -2.24. The Hall–Kier alpha value is -2.13. The van der Waals surface area contributed by atoms with Crippen LogP contribution in [0.4, 0.5) is 5.69 Å². The number of hydrogen-bond donors (Lipinski definition) is 1. The smallest absolute Gasteiger partial charge is 0.159 e. The van der Waals surface area contributed by atoms with Gasteiger partial charge in [-0.3, -0.25) is 4.79 Å². The molecule has 3 heteroatoms. The molecule has 2 aliphatic heterocycles. The molecule has 2 aromatic rings. The number of hydrogen-bond acceptors (Lipinski definition) is 3. The Labute approximate surface area is 137 Å². The number of anilines is 1. The van der Waals surface area contributed by atoms with Gasteiger partial charge < -0.3 is 10.2 Å². The molecule has 4 rings (SSSR count). The topological polar surface area (TPSA) is 32.3 Å². The van der Waals surface area contributed by atoms with Crippen LogP contribution >= 0.6 is 0 Å². The van der Waals surface area contributed by atoms with E-state index < -0.39 is 0 Å². The number of nitrogens with zero attached hydrogens (tertiary/aromatic N) is 1. The van der Waals surface area contributed by atoms with Crippen LogP contribution in [0.15, 0.2) is 42.5 Å². The summed E-state index contributed by atoms with van der Waals surface area (Å²) >= 11 is 0. The first-order valence-electron chi connectivity index (χ1n) is 8.44. The van der Waals surface area contributed by atoms with Gasteiger partial charge in [-0.15, -0.1) is 0 Å².